The standard InChI is InChI=1S/C27H26N8O/c36-27(16-4-5-16)30-18-10-17(12-28-13-18)20-6-7-21-25(32-20)26(34-33-21)22-11-19-23(31-22)14-29-15-24(19)35-8-2-1-3-9-35/h6-7,10-16,31H,1-5,8-9H2,(H,30,36)(H,33,34). The molecule has 1 saturated carbocycles. The minimum atomic E-state index is 0.0618. The van der Waals surface area contributed by atoms with Gasteiger partial charge in [-0.05, 0) is 56.4 Å². The molecule has 0 atom stereocenters. The Morgan fingerprint density at radius 2 is 1.83 bits per heavy atom. The van der Waals surface area contributed by atoms with Crippen LogP contribution in [-0.2, 0) is 4.79 Å². The number of pyridine rings is 3. The molecule has 9 nitrogen and oxygen atoms in total. The summed E-state index contributed by atoms with van der Waals surface area (Å²) in [5, 5.41) is 11.8. The molecule has 7 rings (SSSR count). The van der Waals surface area contributed by atoms with Crippen molar-refractivity contribution in [1.29, 1.82) is 0 Å². The lowest BCUT2D eigenvalue weighted by molar-refractivity contribution is -0.117. The number of carbonyl (C=O) groups excluding carboxylic acids is 1. The van der Waals surface area contributed by atoms with Crippen LogP contribution in [0.25, 0.3) is 44.6 Å². The Balaban J connectivity index is 1.25. The first-order chi connectivity index (χ1) is 17.7. The van der Waals surface area contributed by atoms with Crippen LogP contribution in [0.5, 0.6) is 0 Å². The number of anilines is 2. The zero-order valence-corrected chi connectivity index (χ0v) is 19.8. The largest absolute Gasteiger partial charge is 0.370 e. The smallest absolute Gasteiger partial charge is 0.227 e. The maximum absolute atomic E-state index is 12.2. The van der Waals surface area contributed by atoms with E-state index < -0.39 is 0 Å². The molecule has 0 aromatic carbocycles. The molecule has 5 aromatic rings. The number of nitrogens with one attached hydrogen (secondary N) is 3. The van der Waals surface area contributed by atoms with Crippen LogP contribution in [0.15, 0.2) is 49.1 Å². The molecule has 0 spiro atoms. The van der Waals surface area contributed by atoms with Gasteiger partial charge in [-0.1, -0.05) is 0 Å². The minimum absolute atomic E-state index is 0.0618. The Labute approximate surface area is 207 Å². The Morgan fingerprint density at radius 1 is 0.972 bits per heavy atom. The monoisotopic (exact) mass is 478 g/mol. The van der Waals surface area contributed by atoms with E-state index in [1.165, 1.54) is 24.9 Å². The van der Waals surface area contributed by atoms with Crippen molar-refractivity contribution in [2.75, 3.05) is 23.3 Å². The first-order valence-electron chi connectivity index (χ1n) is 12.6. The average molecular weight is 479 g/mol. The summed E-state index contributed by atoms with van der Waals surface area (Å²) < 4.78 is 0. The zero-order valence-electron chi connectivity index (χ0n) is 19.8. The SMILES string of the molecule is O=C(Nc1cncc(-c2ccc3[nH]nc(-c4cc5c(N6CCCCC6)cncc5[nH]4)c3n2)c1)C1CC1. The summed E-state index contributed by atoms with van der Waals surface area (Å²) in [6, 6.07) is 7.99. The van der Waals surface area contributed by atoms with E-state index in [-0.39, 0.29) is 11.8 Å². The average Bonchev–Trinajstić information content (AvgIpc) is 3.55. The summed E-state index contributed by atoms with van der Waals surface area (Å²) in [7, 11) is 0. The predicted molar refractivity (Wildman–Crippen MR) is 140 cm³/mol. The van der Waals surface area contributed by atoms with E-state index in [4.69, 9.17) is 4.98 Å². The summed E-state index contributed by atoms with van der Waals surface area (Å²) >= 11 is 0. The summed E-state index contributed by atoms with van der Waals surface area (Å²) in [4.78, 5) is 31.9. The van der Waals surface area contributed by atoms with Crippen molar-refractivity contribution in [3.05, 3.63) is 49.1 Å². The molecule has 180 valence electrons. The Kier molecular flexibility index (Phi) is 4.93. The number of hydrogen-bond acceptors (Lipinski definition) is 6. The number of nitrogens with zero attached hydrogens (tertiary/aromatic N) is 5. The van der Waals surface area contributed by atoms with Gasteiger partial charge in [0.2, 0.25) is 5.91 Å². The second kappa shape index (κ2) is 8.44. The third kappa shape index (κ3) is 3.77. The molecule has 1 saturated heterocycles. The highest BCUT2D eigenvalue weighted by Crippen LogP contribution is 2.34. The molecule has 1 aliphatic heterocycles. The Bertz CT molecular complexity index is 1590. The highest BCUT2D eigenvalue weighted by molar-refractivity contribution is 5.99. The molecule has 5 aromatic heterocycles. The van der Waals surface area contributed by atoms with Crippen molar-refractivity contribution >= 4 is 39.2 Å². The highest BCUT2D eigenvalue weighted by Gasteiger charge is 2.29. The van der Waals surface area contributed by atoms with Gasteiger partial charge in [-0.15, -0.1) is 0 Å². The van der Waals surface area contributed by atoms with Crippen LogP contribution in [0.4, 0.5) is 11.4 Å². The molecule has 0 radical (unpaired) electrons. The predicted octanol–water partition coefficient (Wildman–Crippen LogP) is 4.90. The first-order valence-corrected chi connectivity index (χ1v) is 12.6. The molecule has 2 fully saturated rings. The fourth-order valence-electron chi connectivity index (χ4n) is 5.04. The van der Waals surface area contributed by atoms with Crippen LogP contribution in [0, 0.1) is 5.92 Å². The van der Waals surface area contributed by atoms with Crippen molar-refractivity contribution in [2.45, 2.75) is 32.1 Å². The zero-order chi connectivity index (χ0) is 24.1. The van der Waals surface area contributed by atoms with Crippen molar-refractivity contribution in [3.8, 4) is 22.6 Å². The van der Waals surface area contributed by atoms with E-state index in [1.807, 2.05) is 30.6 Å². The van der Waals surface area contributed by atoms with Crippen molar-refractivity contribution in [2.24, 2.45) is 5.92 Å². The molecule has 6 heterocycles. The summed E-state index contributed by atoms with van der Waals surface area (Å²) in [6.07, 6.45) is 12.9. The number of aromatic nitrogens is 6. The molecular formula is C27H26N8O. The summed E-state index contributed by atoms with van der Waals surface area (Å²) in [5.74, 6) is 0.199. The fraction of sp³-hybridized carbons (Fsp3) is 0.296. The van der Waals surface area contributed by atoms with Gasteiger partial charge in [0.05, 0.1) is 52.4 Å². The molecular weight excluding hydrogens is 452 g/mol. The molecule has 1 aliphatic carbocycles. The Hall–Kier alpha value is -4.27. The second-order valence-electron chi connectivity index (χ2n) is 9.74. The van der Waals surface area contributed by atoms with Gasteiger partial charge in [0.15, 0.2) is 0 Å². The van der Waals surface area contributed by atoms with Crippen LogP contribution in [-0.4, -0.2) is 49.1 Å². The second-order valence-corrected chi connectivity index (χ2v) is 9.74. The van der Waals surface area contributed by atoms with E-state index >= 15 is 0 Å². The number of amides is 1. The van der Waals surface area contributed by atoms with E-state index in [0.717, 1.165) is 70.5 Å². The van der Waals surface area contributed by atoms with Gasteiger partial charge in [0.1, 0.15) is 11.2 Å². The summed E-state index contributed by atoms with van der Waals surface area (Å²) in [6.45, 7) is 2.12. The molecule has 36 heavy (non-hydrogen) atoms. The highest BCUT2D eigenvalue weighted by atomic mass is 16.2. The normalized spacial score (nSPS) is 16.1. The molecule has 2 aliphatic rings. The van der Waals surface area contributed by atoms with Gasteiger partial charge < -0.3 is 15.2 Å². The van der Waals surface area contributed by atoms with Gasteiger partial charge in [0, 0.05) is 36.2 Å². The fourth-order valence-corrected chi connectivity index (χ4v) is 5.04. The number of H-pyrrole nitrogens is 2. The van der Waals surface area contributed by atoms with Gasteiger partial charge in [-0.3, -0.25) is 19.9 Å². The van der Waals surface area contributed by atoms with Crippen molar-refractivity contribution in [3.63, 3.8) is 0 Å². The molecule has 9 heteroatoms. The number of fused-ring (bicyclic) bond motifs is 2. The topological polar surface area (TPSA) is 115 Å². The number of piperidine rings is 1. The van der Waals surface area contributed by atoms with Gasteiger partial charge in [-0.2, -0.15) is 5.10 Å². The molecule has 0 unspecified atom stereocenters. The van der Waals surface area contributed by atoms with Crippen LogP contribution in [0.1, 0.15) is 32.1 Å². The van der Waals surface area contributed by atoms with Crippen LogP contribution in [0.2, 0.25) is 0 Å². The first kappa shape index (κ1) is 21.0. The summed E-state index contributed by atoms with van der Waals surface area (Å²) in [5.41, 5.74) is 7.74. The van der Waals surface area contributed by atoms with E-state index in [1.54, 1.807) is 12.4 Å². The van der Waals surface area contributed by atoms with Crippen molar-refractivity contribution in [1.82, 2.24) is 30.1 Å². The molecule has 0 bridgehead atoms. The van der Waals surface area contributed by atoms with Gasteiger partial charge >= 0.3 is 0 Å². The Morgan fingerprint density at radius 3 is 2.69 bits per heavy atom. The van der Waals surface area contributed by atoms with E-state index in [0.29, 0.717) is 5.69 Å². The lowest BCUT2D eigenvalue weighted by Crippen LogP contribution is -2.29. The molecule has 3 N–H and O–H groups in total. The van der Waals surface area contributed by atoms with Gasteiger partial charge in [-0.25, -0.2) is 4.98 Å². The minimum Gasteiger partial charge on any atom is -0.370 e. The number of carbonyl (C=O) groups is 1. The number of rotatable bonds is 5. The maximum atomic E-state index is 12.2. The third-order valence-corrected chi connectivity index (χ3v) is 7.13. The molecule has 1 amide bonds. The van der Waals surface area contributed by atoms with Crippen LogP contribution >= 0.6 is 0 Å². The quantitative estimate of drug-likeness (QED) is 0.331. The van der Waals surface area contributed by atoms with E-state index in [9.17, 15) is 4.79 Å². The van der Waals surface area contributed by atoms with Crippen LogP contribution < -0.4 is 10.2 Å². The number of hydrogen-bond donors (Lipinski definition) is 3. The lowest BCUT2D eigenvalue weighted by atomic mass is 10.1. The number of aromatic amines is 2. The lowest BCUT2D eigenvalue weighted by Gasteiger charge is -2.28. The maximum Gasteiger partial charge on any atom is 0.227 e. The van der Waals surface area contributed by atoms with E-state index in [2.05, 4.69) is 41.4 Å². The van der Waals surface area contributed by atoms with Crippen molar-refractivity contribution < 1.29 is 4.79 Å². The third-order valence-electron chi connectivity index (χ3n) is 7.13. The van der Waals surface area contributed by atoms with Crippen LogP contribution in [0.3, 0.4) is 0 Å². The van der Waals surface area contributed by atoms with Gasteiger partial charge in [0.25, 0.3) is 0 Å².